The number of hydrazine groups is 1. The van der Waals surface area contributed by atoms with E-state index in [2.05, 4.69) is 15.7 Å². The molecule has 4 nitrogen and oxygen atoms in total. The van der Waals surface area contributed by atoms with Crippen molar-refractivity contribution in [1.82, 2.24) is 4.98 Å². The number of nitrogens with two attached hydrogens (primary N) is 1. The molecule has 19 heavy (non-hydrogen) atoms. The average molecular weight is 260 g/mol. The summed E-state index contributed by atoms with van der Waals surface area (Å²) in [5, 5.41) is 3.25. The Kier molecular flexibility index (Phi) is 3.97. The first kappa shape index (κ1) is 13.3. The Morgan fingerprint density at radius 3 is 2.53 bits per heavy atom. The van der Waals surface area contributed by atoms with Gasteiger partial charge in [0.15, 0.2) is 0 Å². The van der Waals surface area contributed by atoms with E-state index >= 15 is 0 Å². The minimum atomic E-state index is -0.137. The highest BCUT2D eigenvalue weighted by Crippen LogP contribution is 2.17. The maximum atomic E-state index is 13.5. The molecule has 0 aliphatic rings. The fourth-order valence-corrected chi connectivity index (χ4v) is 1.96. The standard InChI is InChI=1S/C14H17FN4/c1-9-5-11(6-10(2)14(9)15)8-18-12-3-4-17-13(7-12)19-16/h3-7H,8,16H2,1-2H3,(H2,17,18,19). The number of aromatic nitrogens is 1. The summed E-state index contributed by atoms with van der Waals surface area (Å²) >= 11 is 0. The molecule has 100 valence electrons. The Balaban J connectivity index is 2.10. The minimum absolute atomic E-state index is 0.137. The van der Waals surface area contributed by atoms with Crippen molar-refractivity contribution in [3.63, 3.8) is 0 Å². The van der Waals surface area contributed by atoms with Crippen molar-refractivity contribution < 1.29 is 4.39 Å². The number of nitrogen functional groups attached to an aromatic ring is 1. The zero-order valence-corrected chi connectivity index (χ0v) is 11.0. The fraction of sp³-hybridized carbons (Fsp3) is 0.214. The van der Waals surface area contributed by atoms with E-state index in [0.717, 1.165) is 11.3 Å². The molecule has 0 fully saturated rings. The number of nitrogens with one attached hydrogen (secondary N) is 2. The average Bonchev–Trinajstić information content (AvgIpc) is 2.42. The molecule has 0 aliphatic carbocycles. The van der Waals surface area contributed by atoms with Crippen molar-refractivity contribution in [3.8, 4) is 0 Å². The van der Waals surface area contributed by atoms with Gasteiger partial charge in [-0.05, 0) is 36.6 Å². The van der Waals surface area contributed by atoms with Gasteiger partial charge in [-0.3, -0.25) is 0 Å². The first-order valence-corrected chi connectivity index (χ1v) is 6.02. The number of rotatable bonds is 4. The van der Waals surface area contributed by atoms with Crippen molar-refractivity contribution >= 4 is 11.5 Å². The number of nitrogens with zero attached hydrogens (tertiary/aromatic N) is 1. The van der Waals surface area contributed by atoms with Crippen molar-refractivity contribution in [2.75, 3.05) is 10.7 Å². The molecule has 0 radical (unpaired) electrons. The van der Waals surface area contributed by atoms with Crippen LogP contribution in [0, 0.1) is 19.7 Å². The van der Waals surface area contributed by atoms with Gasteiger partial charge in [0.2, 0.25) is 0 Å². The van der Waals surface area contributed by atoms with Crippen molar-refractivity contribution in [3.05, 3.63) is 53.0 Å². The lowest BCUT2D eigenvalue weighted by molar-refractivity contribution is 0.608. The van der Waals surface area contributed by atoms with Gasteiger partial charge in [0, 0.05) is 24.5 Å². The van der Waals surface area contributed by atoms with Crippen LogP contribution in [-0.2, 0) is 6.54 Å². The van der Waals surface area contributed by atoms with Crippen LogP contribution in [0.1, 0.15) is 16.7 Å². The first-order valence-electron chi connectivity index (χ1n) is 6.02. The summed E-state index contributed by atoms with van der Waals surface area (Å²) in [7, 11) is 0. The van der Waals surface area contributed by atoms with Crippen LogP contribution in [-0.4, -0.2) is 4.98 Å². The molecule has 4 N–H and O–H groups in total. The number of hydrogen-bond donors (Lipinski definition) is 3. The molecule has 5 heteroatoms. The third-order valence-corrected chi connectivity index (χ3v) is 2.90. The molecule has 1 aromatic carbocycles. The van der Waals surface area contributed by atoms with Crippen molar-refractivity contribution in [2.24, 2.45) is 5.84 Å². The monoisotopic (exact) mass is 260 g/mol. The van der Waals surface area contributed by atoms with Crippen LogP contribution in [0.3, 0.4) is 0 Å². The van der Waals surface area contributed by atoms with Crippen LogP contribution in [0.5, 0.6) is 0 Å². The summed E-state index contributed by atoms with van der Waals surface area (Å²) in [5.74, 6) is 5.76. The number of hydrogen-bond acceptors (Lipinski definition) is 4. The normalized spacial score (nSPS) is 10.3. The zero-order valence-electron chi connectivity index (χ0n) is 11.0. The summed E-state index contributed by atoms with van der Waals surface area (Å²) in [6.07, 6.45) is 1.67. The predicted octanol–water partition coefficient (Wildman–Crippen LogP) is 2.74. The number of anilines is 2. The SMILES string of the molecule is Cc1cc(CNc2ccnc(NN)c2)cc(C)c1F. The second-order valence-electron chi connectivity index (χ2n) is 4.47. The van der Waals surface area contributed by atoms with E-state index in [0.29, 0.717) is 23.5 Å². The van der Waals surface area contributed by atoms with Gasteiger partial charge in [-0.2, -0.15) is 0 Å². The highest BCUT2D eigenvalue weighted by molar-refractivity contribution is 5.51. The zero-order chi connectivity index (χ0) is 13.8. The first-order chi connectivity index (χ1) is 9.10. The van der Waals surface area contributed by atoms with E-state index < -0.39 is 0 Å². The van der Waals surface area contributed by atoms with Crippen LogP contribution in [0.4, 0.5) is 15.9 Å². The molecule has 0 bridgehead atoms. The number of benzene rings is 1. The molecule has 1 aromatic heterocycles. The van der Waals surface area contributed by atoms with E-state index in [9.17, 15) is 4.39 Å². The summed E-state index contributed by atoms with van der Waals surface area (Å²) in [6, 6.07) is 7.35. The molecule has 2 rings (SSSR count). The molecule has 0 aliphatic heterocycles. The number of aryl methyl sites for hydroxylation is 2. The van der Waals surface area contributed by atoms with Crippen LogP contribution in [0.2, 0.25) is 0 Å². The maximum absolute atomic E-state index is 13.5. The van der Waals surface area contributed by atoms with E-state index in [1.54, 1.807) is 20.0 Å². The summed E-state index contributed by atoms with van der Waals surface area (Å²) in [6.45, 7) is 4.17. The molecule has 0 unspecified atom stereocenters. The van der Waals surface area contributed by atoms with E-state index in [4.69, 9.17) is 5.84 Å². The molecule has 0 saturated heterocycles. The van der Waals surface area contributed by atoms with E-state index in [-0.39, 0.29) is 5.82 Å². The molecule has 0 atom stereocenters. The van der Waals surface area contributed by atoms with Crippen molar-refractivity contribution in [2.45, 2.75) is 20.4 Å². The minimum Gasteiger partial charge on any atom is -0.381 e. The Morgan fingerprint density at radius 2 is 1.89 bits per heavy atom. The Labute approximate surface area is 111 Å². The third-order valence-electron chi connectivity index (χ3n) is 2.90. The smallest absolute Gasteiger partial charge is 0.141 e. The van der Waals surface area contributed by atoms with Crippen molar-refractivity contribution in [1.29, 1.82) is 0 Å². The van der Waals surface area contributed by atoms with Gasteiger partial charge in [0.25, 0.3) is 0 Å². The van der Waals surface area contributed by atoms with Crippen LogP contribution < -0.4 is 16.6 Å². The maximum Gasteiger partial charge on any atom is 0.141 e. The largest absolute Gasteiger partial charge is 0.381 e. The highest BCUT2D eigenvalue weighted by Gasteiger charge is 2.04. The second-order valence-corrected chi connectivity index (χ2v) is 4.47. The van der Waals surface area contributed by atoms with Crippen LogP contribution in [0.25, 0.3) is 0 Å². The predicted molar refractivity (Wildman–Crippen MR) is 75.2 cm³/mol. The Morgan fingerprint density at radius 1 is 1.21 bits per heavy atom. The van der Waals surface area contributed by atoms with E-state index in [1.807, 2.05) is 24.3 Å². The van der Waals surface area contributed by atoms with Crippen LogP contribution >= 0.6 is 0 Å². The van der Waals surface area contributed by atoms with Gasteiger partial charge < -0.3 is 10.7 Å². The lowest BCUT2D eigenvalue weighted by Gasteiger charge is -2.10. The lowest BCUT2D eigenvalue weighted by Crippen LogP contribution is -2.09. The van der Waals surface area contributed by atoms with Gasteiger partial charge in [-0.1, -0.05) is 12.1 Å². The number of halogens is 1. The molecular formula is C14H17FN4. The van der Waals surface area contributed by atoms with Gasteiger partial charge in [0.05, 0.1) is 0 Å². The quantitative estimate of drug-likeness (QED) is 0.584. The summed E-state index contributed by atoms with van der Waals surface area (Å²) in [4.78, 5) is 4.03. The molecule has 2 aromatic rings. The molecular weight excluding hydrogens is 243 g/mol. The topological polar surface area (TPSA) is 63.0 Å². The van der Waals surface area contributed by atoms with Gasteiger partial charge >= 0.3 is 0 Å². The molecule has 0 amide bonds. The summed E-state index contributed by atoms with van der Waals surface area (Å²) in [5.41, 5.74) is 5.76. The summed E-state index contributed by atoms with van der Waals surface area (Å²) < 4.78 is 13.5. The molecule has 0 saturated carbocycles. The van der Waals surface area contributed by atoms with Gasteiger partial charge in [-0.15, -0.1) is 0 Å². The van der Waals surface area contributed by atoms with Gasteiger partial charge in [-0.25, -0.2) is 15.2 Å². The second kappa shape index (κ2) is 5.67. The Bertz CT molecular complexity index is 560. The Hall–Kier alpha value is -2.14. The lowest BCUT2D eigenvalue weighted by atomic mass is 10.1. The molecule has 0 spiro atoms. The molecule has 1 heterocycles. The van der Waals surface area contributed by atoms with E-state index in [1.165, 1.54) is 0 Å². The van der Waals surface area contributed by atoms with Crippen LogP contribution in [0.15, 0.2) is 30.5 Å². The van der Waals surface area contributed by atoms with Gasteiger partial charge in [0.1, 0.15) is 11.6 Å². The highest BCUT2D eigenvalue weighted by atomic mass is 19.1. The third kappa shape index (κ3) is 3.20. The number of pyridine rings is 1. The fourth-order valence-electron chi connectivity index (χ4n) is 1.96.